The molecule has 1 spiro atoms. The van der Waals surface area contributed by atoms with Gasteiger partial charge in [0.1, 0.15) is 24.0 Å². The fourth-order valence-electron chi connectivity index (χ4n) is 3.42. The molecule has 1 saturated heterocycles. The van der Waals surface area contributed by atoms with E-state index in [2.05, 4.69) is 10.1 Å². The normalized spacial score (nSPS) is 19.5. The first kappa shape index (κ1) is 18.2. The monoisotopic (exact) mass is 362 g/mol. The number of ether oxygens (including phenoxy) is 2. The highest BCUT2D eigenvalue weighted by Crippen LogP contribution is 2.35. The second-order valence-electron chi connectivity index (χ2n) is 6.62. The molecule has 0 bridgehead atoms. The Kier molecular flexibility index (Phi) is 5.13. The molecular weight excluding hydrogens is 340 g/mol. The Morgan fingerprint density at radius 2 is 1.92 bits per heavy atom. The third-order valence-corrected chi connectivity index (χ3v) is 4.81. The lowest BCUT2D eigenvalue weighted by atomic mass is 9.98. The summed E-state index contributed by atoms with van der Waals surface area (Å²) in [5.41, 5.74) is -0.386. The van der Waals surface area contributed by atoms with Gasteiger partial charge in [-0.05, 0) is 37.1 Å². The molecule has 3 rings (SSSR count). The summed E-state index contributed by atoms with van der Waals surface area (Å²) in [6.45, 7) is -0.200. The third kappa shape index (κ3) is 3.50. The molecule has 1 heterocycles. The average molecular weight is 362 g/mol. The minimum atomic E-state index is -1.01. The van der Waals surface area contributed by atoms with Crippen molar-refractivity contribution in [2.75, 3.05) is 20.3 Å². The Labute approximate surface area is 151 Å². The van der Waals surface area contributed by atoms with Gasteiger partial charge < -0.3 is 19.9 Å². The van der Waals surface area contributed by atoms with Crippen molar-refractivity contribution in [3.63, 3.8) is 0 Å². The number of β-amino-alcohol motifs (C(OH)–C–C–N with tert-alkyl or cyclic N) is 1. The molecule has 26 heavy (non-hydrogen) atoms. The number of carbonyl (C=O) groups excluding carboxylic acids is 3. The predicted octanol–water partition coefficient (Wildman–Crippen LogP) is 1.08. The number of urea groups is 1. The molecule has 0 radical (unpaired) electrons. The van der Waals surface area contributed by atoms with Crippen LogP contribution in [-0.2, 0) is 9.53 Å². The van der Waals surface area contributed by atoms with Gasteiger partial charge in [0.25, 0.3) is 5.91 Å². The molecule has 3 amide bonds. The number of imide groups is 1. The zero-order valence-electron chi connectivity index (χ0n) is 14.6. The van der Waals surface area contributed by atoms with Gasteiger partial charge in [0.05, 0.1) is 19.2 Å². The Morgan fingerprint density at radius 1 is 1.27 bits per heavy atom. The number of nitrogens with zero attached hydrogens (tertiary/aromatic N) is 1. The van der Waals surface area contributed by atoms with E-state index in [4.69, 9.17) is 4.74 Å². The average Bonchev–Trinajstić information content (AvgIpc) is 3.20. The highest BCUT2D eigenvalue weighted by Gasteiger charge is 2.52. The van der Waals surface area contributed by atoms with E-state index in [1.54, 1.807) is 24.3 Å². The third-order valence-electron chi connectivity index (χ3n) is 4.81. The van der Waals surface area contributed by atoms with E-state index < -0.39 is 23.6 Å². The van der Waals surface area contributed by atoms with E-state index in [1.807, 2.05) is 0 Å². The molecule has 8 nitrogen and oxygen atoms in total. The number of benzene rings is 1. The largest absolute Gasteiger partial charge is 0.491 e. The number of hydrogen-bond donors (Lipinski definition) is 2. The van der Waals surface area contributed by atoms with Crippen molar-refractivity contribution < 1.29 is 29.0 Å². The van der Waals surface area contributed by atoms with E-state index in [9.17, 15) is 19.5 Å². The van der Waals surface area contributed by atoms with Crippen molar-refractivity contribution >= 4 is 17.9 Å². The van der Waals surface area contributed by atoms with Crippen LogP contribution >= 0.6 is 0 Å². The van der Waals surface area contributed by atoms with Crippen LogP contribution in [0.3, 0.4) is 0 Å². The van der Waals surface area contributed by atoms with Crippen LogP contribution < -0.4 is 10.1 Å². The highest BCUT2D eigenvalue weighted by atomic mass is 16.5. The minimum Gasteiger partial charge on any atom is -0.491 e. The van der Waals surface area contributed by atoms with E-state index in [1.165, 1.54) is 7.11 Å². The number of carbonyl (C=O) groups is 3. The summed E-state index contributed by atoms with van der Waals surface area (Å²) in [6, 6.07) is 5.81. The van der Waals surface area contributed by atoms with Crippen molar-refractivity contribution in [3.8, 4) is 5.75 Å². The number of methoxy groups -OCH3 is 1. The summed E-state index contributed by atoms with van der Waals surface area (Å²) in [7, 11) is 1.30. The number of rotatable bonds is 6. The van der Waals surface area contributed by atoms with Crippen molar-refractivity contribution in [2.24, 2.45) is 0 Å². The second kappa shape index (κ2) is 7.33. The van der Waals surface area contributed by atoms with Gasteiger partial charge in [0.2, 0.25) is 0 Å². The first-order chi connectivity index (χ1) is 12.4. The molecular formula is C18H22N2O6. The predicted molar refractivity (Wildman–Crippen MR) is 90.7 cm³/mol. The number of nitrogens with one attached hydrogen (secondary N) is 1. The van der Waals surface area contributed by atoms with Gasteiger partial charge >= 0.3 is 12.0 Å². The standard InChI is InChI=1S/C18H22N2O6/c1-25-15(22)12-4-6-14(7-5-12)26-11-13(21)10-20-16(23)18(19-17(20)24)8-2-3-9-18/h4-7,13,21H,2-3,8-11H2,1H3,(H,19,24). The van der Waals surface area contributed by atoms with Gasteiger partial charge in [-0.15, -0.1) is 0 Å². The van der Waals surface area contributed by atoms with E-state index in [-0.39, 0.29) is 19.1 Å². The highest BCUT2D eigenvalue weighted by molar-refractivity contribution is 6.07. The summed E-state index contributed by atoms with van der Waals surface area (Å²) < 4.78 is 10.1. The van der Waals surface area contributed by atoms with Gasteiger partial charge in [-0.1, -0.05) is 12.8 Å². The summed E-state index contributed by atoms with van der Waals surface area (Å²) in [4.78, 5) is 37.1. The van der Waals surface area contributed by atoms with Crippen LogP contribution in [0.25, 0.3) is 0 Å². The number of aliphatic hydroxyl groups is 1. The fraction of sp³-hybridized carbons (Fsp3) is 0.500. The second-order valence-corrected chi connectivity index (χ2v) is 6.62. The molecule has 8 heteroatoms. The van der Waals surface area contributed by atoms with E-state index in [0.717, 1.165) is 17.7 Å². The summed E-state index contributed by atoms with van der Waals surface area (Å²) in [6.07, 6.45) is 2.10. The van der Waals surface area contributed by atoms with Crippen molar-refractivity contribution in [1.29, 1.82) is 0 Å². The van der Waals surface area contributed by atoms with Gasteiger partial charge in [-0.2, -0.15) is 0 Å². The fourth-order valence-corrected chi connectivity index (χ4v) is 3.42. The molecule has 140 valence electrons. The first-order valence-corrected chi connectivity index (χ1v) is 8.58. The molecule has 2 fully saturated rings. The molecule has 1 saturated carbocycles. The van der Waals surface area contributed by atoms with Gasteiger partial charge in [-0.25, -0.2) is 9.59 Å². The maximum atomic E-state index is 12.5. The van der Waals surface area contributed by atoms with Crippen molar-refractivity contribution in [1.82, 2.24) is 10.2 Å². The number of esters is 1. The van der Waals surface area contributed by atoms with Crippen molar-refractivity contribution in [2.45, 2.75) is 37.3 Å². The summed E-state index contributed by atoms with van der Waals surface area (Å²) in [5, 5.41) is 12.9. The van der Waals surface area contributed by atoms with Crippen LogP contribution in [0, 0.1) is 0 Å². The Hall–Kier alpha value is -2.61. The number of amides is 3. The van der Waals surface area contributed by atoms with Gasteiger partial charge in [0.15, 0.2) is 0 Å². The molecule has 1 aliphatic heterocycles. The maximum Gasteiger partial charge on any atom is 0.337 e. The Balaban J connectivity index is 1.53. The minimum absolute atomic E-state index is 0.0817. The van der Waals surface area contributed by atoms with Crippen LogP contribution in [0.2, 0.25) is 0 Å². The molecule has 0 aromatic heterocycles. The van der Waals surface area contributed by atoms with Crippen LogP contribution in [0.4, 0.5) is 4.79 Å². The van der Waals surface area contributed by atoms with E-state index >= 15 is 0 Å². The zero-order valence-corrected chi connectivity index (χ0v) is 14.6. The molecule has 1 aliphatic carbocycles. The molecule has 2 aliphatic rings. The van der Waals surface area contributed by atoms with Crippen molar-refractivity contribution in [3.05, 3.63) is 29.8 Å². The van der Waals surface area contributed by atoms with Gasteiger partial charge in [-0.3, -0.25) is 9.69 Å². The molecule has 1 aromatic carbocycles. The molecule has 1 aromatic rings. The van der Waals surface area contributed by atoms with Crippen LogP contribution in [-0.4, -0.2) is 59.8 Å². The molecule has 2 N–H and O–H groups in total. The van der Waals surface area contributed by atoms with Gasteiger partial charge in [0, 0.05) is 0 Å². The first-order valence-electron chi connectivity index (χ1n) is 8.58. The zero-order chi connectivity index (χ0) is 18.7. The quantitative estimate of drug-likeness (QED) is 0.579. The SMILES string of the molecule is COC(=O)c1ccc(OCC(O)CN2C(=O)NC3(CCCC3)C2=O)cc1. The smallest absolute Gasteiger partial charge is 0.337 e. The topological polar surface area (TPSA) is 105 Å². The van der Waals surface area contributed by atoms with Crippen LogP contribution in [0.5, 0.6) is 5.75 Å². The van der Waals surface area contributed by atoms with E-state index in [0.29, 0.717) is 24.2 Å². The molecule has 1 atom stereocenters. The summed E-state index contributed by atoms with van der Waals surface area (Å²) in [5.74, 6) is -0.251. The Bertz CT molecular complexity index is 696. The lowest BCUT2D eigenvalue weighted by molar-refractivity contribution is -0.132. The lowest BCUT2D eigenvalue weighted by Crippen LogP contribution is -2.45. The Morgan fingerprint density at radius 3 is 2.54 bits per heavy atom. The van der Waals surface area contributed by atoms with Crippen LogP contribution in [0.15, 0.2) is 24.3 Å². The number of hydrogen-bond acceptors (Lipinski definition) is 6. The molecule has 1 unspecified atom stereocenters. The van der Waals surface area contributed by atoms with Crippen LogP contribution in [0.1, 0.15) is 36.0 Å². The lowest BCUT2D eigenvalue weighted by Gasteiger charge is -2.21. The summed E-state index contributed by atoms with van der Waals surface area (Å²) >= 11 is 0. The maximum absolute atomic E-state index is 12.5. The number of aliphatic hydroxyl groups excluding tert-OH is 1.